The maximum atomic E-state index is 5.98. The lowest BCUT2D eigenvalue weighted by Crippen LogP contribution is -2.58. The SMILES string of the molecule is CN(C)C1(CN)CCN(C2CCCC2)CC1. The van der Waals surface area contributed by atoms with Crippen molar-refractivity contribution < 1.29 is 0 Å². The standard InChI is InChI=1S/C13H27N3/c1-15(2)13(11-14)7-9-16(10-8-13)12-5-3-4-6-12/h12H,3-11,14H2,1-2H3. The molecule has 0 unspecified atom stereocenters. The first-order valence-electron chi connectivity index (χ1n) is 6.79. The zero-order valence-electron chi connectivity index (χ0n) is 10.9. The molecule has 1 aliphatic carbocycles. The van der Waals surface area contributed by atoms with Gasteiger partial charge in [-0.25, -0.2) is 0 Å². The zero-order valence-corrected chi connectivity index (χ0v) is 10.9. The van der Waals surface area contributed by atoms with E-state index in [4.69, 9.17) is 5.73 Å². The van der Waals surface area contributed by atoms with Gasteiger partial charge in [-0.1, -0.05) is 12.8 Å². The summed E-state index contributed by atoms with van der Waals surface area (Å²) in [6.07, 6.45) is 8.23. The summed E-state index contributed by atoms with van der Waals surface area (Å²) in [5.41, 5.74) is 6.25. The van der Waals surface area contributed by atoms with Crippen LogP contribution >= 0.6 is 0 Å². The summed E-state index contributed by atoms with van der Waals surface area (Å²) in [6, 6.07) is 0.887. The highest BCUT2D eigenvalue weighted by Crippen LogP contribution is 2.31. The fourth-order valence-electron chi connectivity index (χ4n) is 3.41. The van der Waals surface area contributed by atoms with E-state index in [1.807, 2.05) is 0 Å². The molecule has 0 aromatic rings. The number of hydrogen-bond acceptors (Lipinski definition) is 3. The Morgan fingerprint density at radius 2 is 1.75 bits per heavy atom. The van der Waals surface area contributed by atoms with Crippen LogP contribution in [0.25, 0.3) is 0 Å². The summed E-state index contributed by atoms with van der Waals surface area (Å²) in [4.78, 5) is 5.06. The minimum Gasteiger partial charge on any atom is -0.329 e. The van der Waals surface area contributed by atoms with E-state index in [1.54, 1.807) is 0 Å². The van der Waals surface area contributed by atoms with Crippen LogP contribution in [0.5, 0.6) is 0 Å². The van der Waals surface area contributed by atoms with Crippen molar-refractivity contribution >= 4 is 0 Å². The maximum absolute atomic E-state index is 5.98. The summed E-state index contributed by atoms with van der Waals surface area (Å²) >= 11 is 0. The van der Waals surface area contributed by atoms with Crippen molar-refractivity contribution in [1.29, 1.82) is 0 Å². The average molecular weight is 225 g/mol. The number of rotatable bonds is 3. The number of likely N-dealkylation sites (tertiary alicyclic amines) is 1. The molecule has 2 rings (SSSR count). The zero-order chi connectivity index (χ0) is 11.6. The van der Waals surface area contributed by atoms with Gasteiger partial charge in [0, 0.05) is 31.2 Å². The van der Waals surface area contributed by atoms with Gasteiger partial charge in [0.15, 0.2) is 0 Å². The van der Waals surface area contributed by atoms with Gasteiger partial charge < -0.3 is 15.5 Å². The molecule has 1 saturated carbocycles. The number of hydrogen-bond donors (Lipinski definition) is 1. The van der Waals surface area contributed by atoms with Gasteiger partial charge in [0.25, 0.3) is 0 Å². The van der Waals surface area contributed by atoms with Crippen molar-refractivity contribution in [3.63, 3.8) is 0 Å². The second-order valence-electron chi connectivity index (χ2n) is 5.80. The summed E-state index contributed by atoms with van der Waals surface area (Å²) in [5.74, 6) is 0. The smallest absolute Gasteiger partial charge is 0.0349 e. The molecule has 2 aliphatic rings. The van der Waals surface area contributed by atoms with E-state index in [-0.39, 0.29) is 5.54 Å². The predicted octanol–water partition coefficient (Wildman–Crippen LogP) is 1.28. The molecule has 2 fully saturated rings. The van der Waals surface area contributed by atoms with Gasteiger partial charge in [-0.3, -0.25) is 0 Å². The molecule has 0 amide bonds. The van der Waals surface area contributed by atoms with Crippen molar-refractivity contribution in [1.82, 2.24) is 9.80 Å². The largest absolute Gasteiger partial charge is 0.329 e. The molecule has 0 aromatic heterocycles. The molecular formula is C13H27N3. The van der Waals surface area contributed by atoms with Gasteiger partial charge >= 0.3 is 0 Å². The van der Waals surface area contributed by atoms with Gasteiger partial charge in [-0.05, 0) is 39.8 Å². The van der Waals surface area contributed by atoms with E-state index < -0.39 is 0 Å². The molecule has 0 aromatic carbocycles. The molecule has 3 heteroatoms. The molecule has 0 bridgehead atoms. The Kier molecular flexibility index (Phi) is 3.88. The monoisotopic (exact) mass is 225 g/mol. The third kappa shape index (κ3) is 2.27. The second kappa shape index (κ2) is 5.03. The third-order valence-electron chi connectivity index (χ3n) is 4.90. The molecule has 94 valence electrons. The minimum absolute atomic E-state index is 0.273. The summed E-state index contributed by atoms with van der Waals surface area (Å²) in [6.45, 7) is 3.30. The van der Waals surface area contributed by atoms with Crippen molar-refractivity contribution in [2.45, 2.75) is 50.1 Å². The molecule has 1 aliphatic heterocycles. The topological polar surface area (TPSA) is 32.5 Å². The Balaban J connectivity index is 1.89. The molecule has 0 atom stereocenters. The Morgan fingerprint density at radius 3 is 2.19 bits per heavy atom. The van der Waals surface area contributed by atoms with Crippen LogP contribution in [0, 0.1) is 0 Å². The lowest BCUT2D eigenvalue weighted by Gasteiger charge is -2.47. The normalized spacial score (nSPS) is 27.8. The minimum atomic E-state index is 0.273. The Labute approximate surface area is 100.0 Å². The van der Waals surface area contributed by atoms with Crippen LogP contribution in [-0.2, 0) is 0 Å². The van der Waals surface area contributed by atoms with Crippen LogP contribution in [0.3, 0.4) is 0 Å². The van der Waals surface area contributed by atoms with Gasteiger partial charge in [-0.2, -0.15) is 0 Å². The van der Waals surface area contributed by atoms with Crippen LogP contribution in [0.1, 0.15) is 38.5 Å². The first-order chi connectivity index (χ1) is 7.68. The molecule has 0 spiro atoms. The summed E-state index contributed by atoms with van der Waals surface area (Å²) in [5, 5.41) is 0. The van der Waals surface area contributed by atoms with Crippen molar-refractivity contribution in [2.24, 2.45) is 5.73 Å². The van der Waals surface area contributed by atoms with E-state index >= 15 is 0 Å². The molecular weight excluding hydrogens is 198 g/mol. The molecule has 0 radical (unpaired) electrons. The van der Waals surface area contributed by atoms with Crippen LogP contribution in [0.2, 0.25) is 0 Å². The van der Waals surface area contributed by atoms with Crippen LogP contribution in [0.15, 0.2) is 0 Å². The predicted molar refractivity (Wildman–Crippen MR) is 68.5 cm³/mol. The van der Waals surface area contributed by atoms with Crippen molar-refractivity contribution in [2.75, 3.05) is 33.7 Å². The lowest BCUT2D eigenvalue weighted by atomic mass is 9.85. The van der Waals surface area contributed by atoms with Crippen LogP contribution < -0.4 is 5.73 Å². The number of piperidine rings is 1. The molecule has 3 nitrogen and oxygen atoms in total. The van der Waals surface area contributed by atoms with Gasteiger partial charge in [0.2, 0.25) is 0 Å². The second-order valence-corrected chi connectivity index (χ2v) is 5.80. The van der Waals surface area contributed by atoms with E-state index in [0.29, 0.717) is 0 Å². The average Bonchev–Trinajstić information content (AvgIpc) is 2.82. The molecule has 2 N–H and O–H groups in total. The van der Waals surface area contributed by atoms with Gasteiger partial charge in [-0.15, -0.1) is 0 Å². The van der Waals surface area contributed by atoms with Crippen molar-refractivity contribution in [3.05, 3.63) is 0 Å². The summed E-state index contributed by atoms with van der Waals surface area (Å²) < 4.78 is 0. The quantitative estimate of drug-likeness (QED) is 0.785. The first kappa shape index (κ1) is 12.3. The highest BCUT2D eigenvalue weighted by molar-refractivity contribution is 4.95. The molecule has 1 saturated heterocycles. The number of likely N-dealkylation sites (N-methyl/N-ethyl adjacent to an activating group) is 1. The third-order valence-corrected chi connectivity index (χ3v) is 4.90. The highest BCUT2D eigenvalue weighted by atomic mass is 15.2. The van der Waals surface area contributed by atoms with E-state index in [9.17, 15) is 0 Å². The number of nitrogens with two attached hydrogens (primary N) is 1. The van der Waals surface area contributed by atoms with Crippen LogP contribution in [-0.4, -0.2) is 55.1 Å². The van der Waals surface area contributed by atoms with Gasteiger partial charge in [0.1, 0.15) is 0 Å². The highest BCUT2D eigenvalue weighted by Gasteiger charge is 2.37. The fourth-order valence-corrected chi connectivity index (χ4v) is 3.41. The lowest BCUT2D eigenvalue weighted by molar-refractivity contribution is 0.0442. The molecule has 1 heterocycles. The van der Waals surface area contributed by atoms with Gasteiger partial charge in [0.05, 0.1) is 0 Å². The van der Waals surface area contributed by atoms with Crippen LogP contribution in [0.4, 0.5) is 0 Å². The number of nitrogens with zero attached hydrogens (tertiary/aromatic N) is 2. The van der Waals surface area contributed by atoms with Crippen molar-refractivity contribution in [3.8, 4) is 0 Å². The van der Waals surface area contributed by atoms with E-state index in [0.717, 1.165) is 12.6 Å². The molecule has 16 heavy (non-hydrogen) atoms. The Hall–Kier alpha value is -0.120. The fraction of sp³-hybridized carbons (Fsp3) is 1.00. The Bertz CT molecular complexity index is 213. The summed E-state index contributed by atoms with van der Waals surface area (Å²) in [7, 11) is 4.36. The maximum Gasteiger partial charge on any atom is 0.0349 e. The first-order valence-corrected chi connectivity index (χ1v) is 6.79. The Morgan fingerprint density at radius 1 is 1.19 bits per heavy atom. The van der Waals surface area contributed by atoms with E-state index in [1.165, 1.54) is 51.6 Å². The van der Waals surface area contributed by atoms with E-state index in [2.05, 4.69) is 23.9 Å².